The van der Waals surface area contributed by atoms with Gasteiger partial charge in [-0.2, -0.15) is 0 Å². The zero-order chi connectivity index (χ0) is 22.5. The first-order chi connectivity index (χ1) is 14.8. The number of benzene rings is 2. The van der Waals surface area contributed by atoms with Gasteiger partial charge in [0.1, 0.15) is 6.54 Å². The Morgan fingerprint density at radius 3 is 2.61 bits per heavy atom. The van der Waals surface area contributed by atoms with Gasteiger partial charge in [-0.1, -0.05) is 6.07 Å². The molecule has 0 aliphatic carbocycles. The summed E-state index contributed by atoms with van der Waals surface area (Å²) in [7, 11) is 0. The van der Waals surface area contributed by atoms with E-state index in [-0.39, 0.29) is 22.1 Å². The molecule has 160 valence electrons. The van der Waals surface area contributed by atoms with Gasteiger partial charge in [0.2, 0.25) is 5.91 Å². The second-order valence-electron chi connectivity index (χ2n) is 6.28. The molecule has 0 unspecified atom stereocenters. The number of anilines is 1. The Hall–Kier alpha value is -3.86. The molecule has 1 saturated heterocycles. The molecule has 11 heteroatoms. The Kier molecular flexibility index (Phi) is 6.55. The molecule has 10 nitrogen and oxygen atoms in total. The minimum atomic E-state index is -0.625. The quantitative estimate of drug-likeness (QED) is 0.377. The number of nitro benzene ring substituents is 1. The Balaban J connectivity index is 1.68. The van der Waals surface area contributed by atoms with E-state index >= 15 is 0 Å². The van der Waals surface area contributed by atoms with Gasteiger partial charge >= 0.3 is 0 Å². The third-order valence-corrected chi connectivity index (χ3v) is 5.03. The average molecular weight is 443 g/mol. The van der Waals surface area contributed by atoms with Crippen molar-refractivity contribution in [3.05, 3.63) is 63.0 Å². The predicted molar refractivity (Wildman–Crippen MR) is 114 cm³/mol. The van der Waals surface area contributed by atoms with Crippen LogP contribution in [0, 0.1) is 10.1 Å². The van der Waals surface area contributed by atoms with Gasteiger partial charge in [-0.25, -0.2) is 0 Å². The largest absolute Gasteiger partial charge is 0.504 e. The van der Waals surface area contributed by atoms with Crippen LogP contribution in [-0.2, 0) is 9.59 Å². The molecule has 3 amide bonds. The van der Waals surface area contributed by atoms with Crippen molar-refractivity contribution < 1.29 is 29.2 Å². The minimum Gasteiger partial charge on any atom is -0.504 e. The standard InChI is InChI=1S/C20H17N3O7S/c1-2-30-16-9-12(3-8-15(16)24)10-17-19(26)22(20(27)31-17)11-18(25)21-13-4-6-14(7-5-13)23(28)29/h3-10,24H,2,11H2,1H3,(H,21,25)/b17-10-. The van der Waals surface area contributed by atoms with E-state index in [0.717, 1.165) is 4.90 Å². The maximum absolute atomic E-state index is 12.6. The number of phenolic OH excluding ortho intramolecular Hbond substituents is 1. The normalized spacial score (nSPS) is 14.7. The van der Waals surface area contributed by atoms with Crippen LogP contribution >= 0.6 is 11.8 Å². The van der Waals surface area contributed by atoms with E-state index in [1.165, 1.54) is 42.5 Å². The fourth-order valence-corrected chi connectivity index (χ4v) is 3.53. The number of rotatable bonds is 7. The fraction of sp³-hybridized carbons (Fsp3) is 0.150. The van der Waals surface area contributed by atoms with E-state index < -0.39 is 28.5 Å². The maximum Gasteiger partial charge on any atom is 0.294 e. The lowest BCUT2D eigenvalue weighted by Gasteiger charge is -2.12. The van der Waals surface area contributed by atoms with E-state index in [1.54, 1.807) is 13.0 Å². The van der Waals surface area contributed by atoms with Crippen LogP contribution in [0.2, 0.25) is 0 Å². The first-order valence-corrected chi connectivity index (χ1v) is 9.85. The van der Waals surface area contributed by atoms with E-state index in [9.17, 15) is 29.6 Å². The summed E-state index contributed by atoms with van der Waals surface area (Å²) >= 11 is 0.694. The number of hydrogen-bond acceptors (Lipinski definition) is 8. The summed E-state index contributed by atoms with van der Waals surface area (Å²) in [5.41, 5.74) is 0.712. The molecule has 2 aromatic carbocycles. The van der Waals surface area contributed by atoms with Crippen molar-refractivity contribution in [1.29, 1.82) is 0 Å². The van der Waals surface area contributed by atoms with Crippen LogP contribution in [0.25, 0.3) is 6.08 Å². The fourth-order valence-electron chi connectivity index (χ4n) is 2.69. The number of thioether (sulfide) groups is 1. The van der Waals surface area contributed by atoms with Gasteiger partial charge in [0, 0.05) is 17.8 Å². The second kappa shape index (κ2) is 9.30. The number of aromatic hydroxyl groups is 1. The summed E-state index contributed by atoms with van der Waals surface area (Å²) < 4.78 is 5.30. The molecule has 2 N–H and O–H groups in total. The number of imide groups is 1. The lowest BCUT2D eigenvalue weighted by molar-refractivity contribution is -0.384. The van der Waals surface area contributed by atoms with Gasteiger partial charge in [-0.05, 0) is 54.6 Å². The van der Waals surface area contributed by atoms with Crippen LogP contribution in [0.5, 0.6) is 11.5 Å². The molecule has 1 heterocycles. The minimum absolute atomic E-state index is 0.0463. The molecule has 0 bridgehead atoms. The zero-order valence-electron chi connectivity index (χ0n) is 16.2. The highest BCUT2D eigenvalue weighted by atomic mass is 32.2. The Morgan fingerprint density at radius 2 is 1.97 bits per heavy atom. The lowest BCUT2D eigenvalue weighted by Crippen LogP contribution is -2.36. The number of carbonyl (C=O) groups is 3. The van der Waals surface area contributed by atoms with E-state index in [0.29, 0.717) is 29.6 Å². The highest BCUT2D eigenvalue weighted by molar-refractivity contribution is 8.18. The van der Waals surface area contributed by atoms with Crippen molar-refractivity contribution in [2.45, 2.75) is 6.92 Å². The molecule has 0 aromatic heterocycles. The van der Waals surface area contributed by atoms with Gasteiger partial charge in [0.05, 0.1) is 16.4 Å². The number of nitrogens with zero attached hydrogens (tertiary/aromatic N) is 2. The molecule has 1 fully saturated rings. The van der Waals surface area contributed by atoms with E-state index in [1.807, 2.05) is 0 Å². The summed E-state index contributed by atoms with van der Waals surface area (Å²) in [4.78, 5) is 48.1. The van der Waals surface area contributed by atoms with Crippen molar-refractivity contribution in [3.63, 3.8) is 0 Å². The van der Waals surface area contributed by atoms with Gasteiger partial charge < -0.3 is 15.2 Å². The maximum atomic E-state index is 12.6. The Bertz CT molecular complexity index is 1080. The molecule has 0 atom stereocenters. The van der Waals surface area contributed by atoms with Crippen LogP contribution in [-0.4, -0.2) is 45.1 Å². The summed E-state index contributed by atoms with van der Waals surface area (Å²) in [6.07, 6.45) is 1.47. The van der Waals surface area contributed by atoms with Gasteiger partial charge in [-0.15, -0.1) is 0 Å². The van der Waals surface area contributed by atoms with Crippen LogP contribution in [0.1, 0.15) is 12.5 Å². The molecule has 1 aliphatic rings. The first-order valence-electron chi connectivity index (χ1n) is 9.04. The number of non-ortho nitro benzene ring substituents is 1. The molecular weight excluding hydrogens is 426 g/mol. The summed E-state index contributed by atoms with van der Waals surface area (Å²) in [5, 5.41) is 22.3. The highest BCUT2D eigenvalue weighted by Gasteiger charge is 2.36. The van der Waals surface area contributed by atoms with Crippen LogP contribution in [0.15, 0.2) is 47.4 Å². The second-order valence-corrected chi connectivity index (χ2v) is 7.27. The SMILES string of the molecule is CCOc1cc(/C=C2\SC(=O)N(CC(=O)Nc3ccc([N+](=O)[O-])cc3)C2=O)ccc1O. The van der Waals surface area contributed by atoms with Crippen LogP contribution < -0.4 is 10.1 Å². The summed E-state index contributed by atoms with van der Waals surface area (Å²) in [6, 6.07) is 9.67. The summed E-state index contributed by atoms with van der Waals surface area (Å²) in [5.74, 6) is -1.05. The van der Waals surface area contributed by atoms with Crippen molar-refractivity contribution >= 4 is 46.3 Å². The van der Waals surface area contributed by atoms with Gasteiger partial charge in [0.15, 0.2) is 11.5 Å². The van der Waals surface area contributed by atoms with Crippen LogP contribution in [0.3, 0.4) is 0 Å². The Labute approximate surface area is 180 Å². The number of ether oxygens (including phenoxy) is 1. The van der Waals surface area contributed by atoms with Crippen LogP contribution in [0.4, 0.5) is 16.2 Å². The number of hydrogen-bond donors (Lipinski definition) is 2. The predicted octanol–water partition coefficient (Wildman–Crippen LogP) is 3.37. The van der Waals surface area contributed by atoms with Crippen molar-refractivity contribution in [1.82, 2.24) is 4.90 Å². The third kappa shape index (κ3) is 5.20. The lowest BCUT2D eigenvalue weighted by atomic mass is 10.2. The number of amides is 3. The zero-order valence-corrected chi connectivity index (χ0v) is 17.0. The molecule has 2 aromatic rings. The van der Waals surface area contributed by atoms with E-state index in [4.69, 9.17) is 4.74 Å². The smallest absolute Gasteiger partial charge is 0.294 e. The van der Waals surface area contributed by atoms with Crippen molar-refractivity contribution in [2.75, 3.05) is 18.5 Å². The van der Waals surface area contributed by atoms with E-state index in [2.05, 4.69) is 5.32 Å². The number of phenols is 1. The molecule has 31 heavy (non-hydrogen) atoms. The molecular formula is C20H17N3O7S. The summed E-state index contributed by atoms with van der Waals surface area (Å²) in [6.45, 7) is 1.61. The number of nitro groups is 1. The first kappa shape index (κ1) is 21.8. The van der Waals surface area contributed by atoms with Crippen molar-refractivity contribution in [2.24, 2.45) is 0 Å². The van der Waals surface area contributed by atoms with Gasteiger partial charge in [-0.3, -0.25) is 29.4 Å². The van der Waals surface area contributed by atoms with Gasteiger partial charge in [0.25, 0.3) is 16.8 Å². The molecule has 0 saturated carbocycles. The molecule has 1 aliphatic heterocycles. The average Bonchev–Trinajstić information content (AvgIpc) is 2.98. The number of carbonyl (C=O) groups excluding carboxylic acids is 3. The molecule has 3 rings (SSSR count). The molecule has 0 spiro atoms. The van der Waals surface area contributed by atoms with Crippen molar-refractivity contribution in [3.8, 4) is 11.5 Å². The topological polar surface area (TPSA) is 139 Å². The highest BCUT2D eigenvalue weighted by Crippen LogP contribution is 2.34. The third-order valence-electron chi connectivity index (χ3n) is 4.12. The number of nitrogens with one attached hydrogen (secondary N) is 1. The Morgan fingerprint density at radius 1 is 1.26 bits per heavy atom. The molecule has 0 radical (unpaired) electrons. The monoisotopic (exact) mass is 443 g/mol.